The molecule has 0 aromatic heterocycles. The summed E-state index contributed by atoms with van der Waals surface area (Å²) in [6.45, 7) is 13.4. The first-order valence-corrected chi connectivity index (χ1v) is 13.8. The SMILES string of the molecule is CCNCCS(=O)(=O)NC[C@@]1(c2ccccc2)SC(NC(=O)C(C)(C)C)=NN1C(=O)C(C)(C)C. The average Bonchev–Trinajstić information content (AvgIpc) is 3.10. The summed E-state index contributed by atoms with van der Waals surface area (Å²) < 4.78 is 28.1. The summed E-state index contributed by atoms with van der Waals surface area (Å²) in [5.74, 6) is -0.648. The first kappa shape index (κ1) is 28.3. The zero-order valence-electron chi connectivity index (χ0n) is 21.1. The quantitative estimate of drug-likeness (QED) is 0.461. The molecule has 3 N–H and O–H groups in total. The zero-order valence-corrected chi connectivity index (χ0v) is 22.7. The third-order valence-electron chi connectivity index (χ3n) is 5.09. The number of thioether (sulfide) groups is 1. The van der Waals surface area contributed by atoms with Crippen LogP contribution in [0.3, 0.4) is 0 Å². The Kier molecular flexibility index (Phi) is 8.95. The zero-order chi connectivity index (χ0) is 25.8. The average molecular weight is 512 g/mol. The molecule has 0 radical (unpaired) electrons. The number of hydrogen-bond donors (Lipinski definition) is 3. The normalized spacial score (nSPS) is 19.1. The van der Waals surface area contributed by atoms with Gasteiger partial charge in [-0.25, -0.2) is 18.1 Å². The number of hydrogen-bond acceptors (Lipinski definition) is 7. The van der Waals surface area contributed by atoms with Crippen LogP contribution in [0.4, 0.5) is 0 Å². The van der Waals surface area contributed by atoms with E-state index in [9.17, 15) is 18.0 Å². The summed E-state index contributed by atoms with van der Waals surface area (Å²) in [7, 11) is -3.64. The fraction of sp³-hybridized carbons (Fsp3) is 0.609. The molecule has 0 saturated heterocycles. The molecule has 0 bridgehead atoms. The molecule has 0 aliphatic carbocycles. The van der Waals surface area contributed by atoms with E-state index in [4.69, 9.17) is 0 Å². The van der Waals surface area contributed by atoms with Gasteiger partial charge in [-0.1, -0.05) is 78.8 Å². The number of carbonyl (C=O) groups excluding carboxylic acids is 2. The molecular weight excluding hydrogens is 474 g/mol. The molecule has 0 fully saturated rings. The topological polar surface area (TPSA) is 120 Å². The highest BCUT2D eigenvalue weighted by Crippen LogP contribution is 2.46. The predicted molar refractivity (Wildman–Crippen MR) is 137 cm³/mol. The first-order chi connectivity index (χ1) is 15.6. The van der Waals surface area contributed by atoms with E-state index in [2.05, 4.69) is 20.5 Å². The Morgan fingerprint density at radius 3 is 2.21 bits per heavy atom. The van der Waals surface area contributed by atoms with Gasteiger partial charge in [-0.05, 0) is 23.9 Å². The molecule has 0 unspecified atom stereocenters. The highest BCUT2D eigenvalue weighted by molar-refractivity contribution is 8.14. The lowest BCUT2D eigenvalue weighted by molar-refractivity contribution is -0.143. The molecule has 1 aromatic carbocycles. The summed E-state index contributed by atoms with van der Waals surface area (Å²) in [4.78, 5) is 25.0. The lowest BCUT2D eigenvalue weighted by Gasteiger charge is -2.38. The second kappa shape index (κ2) is 10.8. The molecular formula is C23H37N5O4S2. The van der Waals surface area contributed by atoms with E-state index in [1.165, 1.54) is 5.01 Å². The fourth-order valence-electron chi connectivity index (χ4n) is 3.01. The standard InChI is InChI=1S/C23H37N5O4S2/c1-8-24-14-15-34(31,32)25-16-23(17-12-10-9-11-13-17)28(19(30)22(5,6)7)27-20(33-23)26-18(29)21(2,3)4/h9-13,24-25H,8,14-16H2,1-7H3,(H,26,27,29)/t23-/m0/s1. The highest BCUT2D eigenvalue weighted by Gasteiger charge is 2.51. The number of sulfonamides is 1. The van der Waals surface area contributed by atoms with Crippen LogP contribution < -0.4 is 15.4 Å². The van der Waals surface area contributed by atoms with Gasteiger partial charge in [-0.15, -0.1) is 5.10 Å². The maximum atomic E-state index is 13.5. The molecule has 11 heteroatoms. The molecule has 0 saturated carbocycles. The second-order valence-corrected chi connectivity index (χ2v) is 13.4. The van der Waals surface area contributed by atoms with Crippen molar-refractivity contribution in [3.63, 3.8) is 0 Å². The predicted octanol–water partition coefficient (Wildman–Crippen LogP) is 2.42. The number of amides is 2. The fourth-order valence-corrected chi connectivity index (χ4v) is 5.29. The monoisotopic (exact) mass is 511 g/mol. The Labute approximate surface area is 207 Å². The van der Waals surface area contributed by atoms with Crippen molar-refractivity contribution in [2.75, 3.05) is 25.4 Å². The van der Waals surface area contributed by atoms with Crippen molar-refractivity contribution >= 4 is 38.8 Å². The molecule has 1 aromatic rings. The van der Waals surface area contributed by atoms with Crippen molar-refractivity contribution in [2.45, 2.75) is 53.3 Å². The van der Waals surface area contributed by atoms with Crippen LogP contribution in [0.5, 0.6) is 0 Å². The van der Waals surface area contributed by atoms with Crippen LogP contribution in [-0.4, -0.2) is 55.8 Å². The molecule has 34 heavy (non-hydrogen) atoms. The van der Waals surface area contributed by atoms with Crippen LogP contribution in [0.2, 0.25) is 0 Å². The van der Waals surface area contributed by atoms with Crippen LogP contribution in [0.1, 0.15) is 54.0 Å². The Morgan fingerprint density at radius 2 is 1.68 bits per heavy atom. The smallest absolute Gasteiger partial charge is 0.249 e. The van der Waals surface area contributed by atoms with Crippen molar-refractivity contribution in [3.05, 3.63) is 35.9 Å². The van der Waals surface area contributed by atoms with Crippen LogP contribution in [-0.2, 0) is 24.5 Å². The van der Waals surface area contributed by atoms with E-state index in [1.54, 1.807) is 41.5 Å². The molecule has 9 nitrogen and oxygen atoms in total. The number of rotatable bonds is 8. The first-order valence-electron chi connectivity index (χ1n) is 11.3. The molecule has 0 spiro atoms. The van der Waals surface area contributed by atoms with Gasteiger partial charge in [0.05, 0.1) is 12.3 Å². The molecule has 2 amide bonds. The van der Waals surface area contributed by atoms with E-state index in [-0.39, 0.29) is 29.3 Å². The summed E-state index contributed by atoms with van der Waals surface area (Å²) in [6, 6.07) is 9.14. The Morgan fingerprint density at radius 1 is 1.06 bits per heavy atom. The van der Waals surface area contributed by atoms with E-state index < -0.39 is 25.7 Å². The van der Waals surface area contributed by atoms with Crippen molar-refractivity contribution in [2.24, 2.45) is 15.9 Å². The van der Waals surface area contributed by atoms with Crippen molar-refractivity contribution in [1.29, 1.82) is 0 Å². The Balaban J connectivity index is 2.51. The van der Waals surface area contributed by atoms with Gasteiger partial charge < -0.3 is 10.6 Å². The maximum Gasteiger partial charge on any atom is 0.249 e. The summed E-state index contributed by atoms with van der Waals surface area (Å²) >= 11 is 1.16. The second-order valence-electron chi connectivity index (χ2n) is 10.2. The largest absolute Gasteiger partial charge is 0.316 e. The van der Waals surface area contributed by atoms with Crippen LogP contribution in [0.15, 0.2) is 35.4 Å². The summed E-state index contributed by atoms with van der Waals surface area (Å²) in [6.07, 6.45) is 0. The molecule has 1 aliphatic heterocycles. The van der Waals surface area contributed by atoms with E-state index >= 15 is 0 Å². The molecule has 190 valence electrons. The maximum absolute atomic E-state index is 13.5. The lowest BCUT2D eigenvalue weighted by atomic mass is 9.93. The molecule has 1 heterocycles. The molecule has 1 atom stereocenters. The van der Waals surface area contributed by atoms with Crippen molar-refractivity contribution < 1.29 is 18.0 Å². The van der Waals surface area contributed by atoms with Crippen LogP contribution >= 0.6 is 11.8 Å². The minimum absolute atomic E-state index is 0.0991. The van der Waals surface area contributed by atoms with Gasteiger partial charge in [0.15, 0.2) is 10.0 Å². The highest BCUT2D eigenvalue weighted by atomic mass is 32.2. The minimum Gasteiger partial charge on any atom is -0.316 e. The lowest BCUT2D eigenvalue weighted by Crippen LogP contribution is -2.52. The molecule has 1 aliphatic rings. The number of nitrogens with zero attached hydrogens (tertiary/aromatic N) is 2. The van der Waals surface area contributed by atoms with Crippen molar-refractivity contribution in [1.82, 2.24) is 20.4 Å². The Bertz CT molecular complexity index is 1010. The van der Waals surface area contributed by atoms with E-state index in [0.29, 0.717) is 18.7 Å². The van der Waals surface area contributed by atoms with Gasteiger partial charge in [-0.2, -0.15) is 0 Å². The number of hydrazone groups is 1. The van der Waals surface area contributed by atoms with Gasteiger partial charge >= 0.3 is 0 Å². The van der Waals surface area contributed by atoms with E-state index in [0.717, 1.165) is 11.8 Å². The number of benzene rings is 1. The summed E-state index contributed by atoms with van der Waals surface area (Å²) in [5.41, 5.74) is -0.776. The van der Waals surface area contributed by atoms with Crippen LogP contribution in [0.25, 0.3) is 0 Å². The number of carbonyl (C=O) groups is 2. The van der Waals surface area contributed by atoms with Crippen LogP contribution in [0, 0.1) is 10.8 Å². The van der Waals surface area contributed by atoms with Gasteiger partial charge in [0.1, 0.15) is 0 Å². The van der Waals surface area contributed by atoms with Gasteiger partial charge in [0.2, 0.25) is 21.8 Å². The van der Waals surface area contributed by atoms with Gasteiger partial charge in [0.25, 0.3) is 0 Å². The minimum atomic E-state index is -3.64. The van der Waals surface area contributed by atoms with E-state index in [1.807, 2.05) is 37.3 Å². The number of nitrogens with one attached hydrogen (secondary N) is 3. The van der Waals surface area contributed by atoms with Gasteiger partial charge in [-0.3, -0.25) is 9.59 Å². The summed E-state index contributed by atoms with van der Waals surface area (Å²) in [5, 5.41) is 11.9. The Hall–Kier alpha value is -1.95. The van der Waals surface area contributed by atoms with Gasteiger partial charge in [0, 0.05) is 17.4 Å². The molecule has 2 rings (SSSR count). The third-order valence-corrected chi connectivity index (χ3v) is 7.68. The number of amidine groups is 1. The van der Waals surface area contributed by atoms with Crippen molar-refractivity contribution in [3.8, 4) is 0 Å². The third kappa shape index (κ3) is 7.03.